The summed E-state index contributed by atoms with van der Waals surface area (Å²) >= 11 is 0. The van der Waals surface area contributed by atoms with Crippen LogP contribution in [0.1, 0.15) is 25.8 Å². The second-order valence-corrected chi connectivity index (χ2v) is 5.54. The van der Waals surface area contributed by atoms with Gasteiger partial charge in [0.1, 0.15) is 5.82 Å². The van der Waals surface area contributed by atoms with Crippen LogP contribution in [0.5, 0.6) is 0 Å². The molecule has 0 unspecified atom stereocenters. The number of hydrogen-bond acceptors (Lipinski definition) is 4. The van der Waals surface area contributed by atoms with Gasteiger partial charge in [-0.05, 0) is 30.5 Å². The first-order valence-corrected chi connectivity index (χ1v) is 7.36. The Hall–Kier alpha value is -2.31. The molecule has 2 rings (SSSR count). The molecule has 0 spiro atoms. The van der Waals surface area contributed by atoms with E-state index in [-0.39, 0.29) is 11.6 Å². The van der Waals surface area contributed by atoms with E-state index in [9.17, 15) is 13.2 Å². The number of anilines is 3. The molecule has 0 bridgehead atoms. The Morgan fingerprint density at radius 1 is 1.13 bits per heavy atom. The molecule has 1 aromatic heterocycles. The summed E-state index contributed by atoms with van der Waals surface area (Å²) in [4.78, 5) is 8.16. The van der Waals surface area contributed by atoms with Crippen LogP contribution < -0.4 is 10.6 Å². The van der Waals surface area contributed by atoms with Gasteiger partial charge in [-0.15, -0.1) is 0 Å². The zero-order valence-electron chi connectivity index (χ0n) is 13.0. The number of nitrogens with one attached hydrogen (secondary N) is 2. The molecule has 7 heteroatoms. The van der Waals surface area contributed by atoms with Gasteiger partial charge < -0.3 is 10.6 Å². The Labute approximate surface area is 133 Å². The summed E-state index contributed by atoms with van der Waals surface area (Å²) in [6.45, 7) is 4.97. The van der Waals surface area contributed by atoms with E-state index >= 15 is 0 Å². The smallest absolute Gasteiger partial charge is 0.370 e. The largest absolute Gasteiger partial charge is 0.418 e. The lowest BCUT2D eigenvalue weighted by atomic mass is 10.1. The Balaban J connectivity index is 2.12. The van der Waals surface area contributed by atoms with Crippen LogP contribution in [0.2, 0.25) is 0 Å². The van der Waals surface area contributed by atoms with Gasteiger partial charge in [-0.3, -0.25) is 0 Å². The van der Waals surface area contributed by atoms with Gasteiger partial charge in [0.25, 0.3) is 0 Å². The van der Waals surface area contributed by atoms with Gasteiger partial charge in [-0.1, -0.05) is 26.0 Å². The average Bonchev–Trinajstić information content (AvgIpc) is 2.47. The van der Waals surface area contributed by atoms with Gasteiger partial charge in [0.05, 0.1) is 11.3 Å². The van der Waals surface area contributed by atoms with Crippen LogP contribution in [0.3, 0.4) is 0 Å². The summed E-state index contributed by atoms with van der Waals surface area (Å²) in [6.07, 6.45) is -1.95. The minimum atomic E-state index is -4.43. The molecule has 1 aromatic carbocycles. The van der Waals surface area contributed by atoms with Crippen molar-refractivity contribution in [3.8, 4) is 0 Å². The van der Waals surface area contributed by atoms with Crippen LogP contribution in [0.25, 0.3) is 0 Å². The summed E-state index contributed by atoms with van der Waals surface area (Å²) in [5.41, 5.74) is -0.818. The molecule has 4 nitrogen and oxygen atoms in total. The first-order chi connectivity index (χ1) is 10.9. The monoisotopic (exact) mass is 324 g/mol. The maximum Gasteiger partial charge on any atom is 0.418 e. The van der Waals surface area contributed by atoms with Crippen molar-refractivity contribution in [2.75, 3.05) is 17.2 Å². The number of halogens is 3. The van der Waals surface area contributed by atoms with E-state index in [4.69, 9.17) is 0 Å². The maximum absolute atomic E-state index is 13.0. The molecule has 0 radical (unpaired) electrons. The highest BCUT2D eigenvalue weighted by Gasteiger charge is 2.33. The second kappa shape index (κ2) is 7.30. The Kier molecular flexibility index (Phi) is 5.41. The van der Waals surface area contributed by atoms with Gasteiger partial charge in [0, 0.05) is 12.7 Å². The van der Waals surface area contributed by atoms with Gasteiger partial charge in [0.15, 0.2) is 0 Å². The first kappa shape index (κ1) is 17.1. The van der Waals surface area contributed by atoms with Crippen molar-refractivity contribution in [3.05, 3.63) is 42.1 Å². The fraction of sp³-hybridized carbons (Fsp3) is 0.375. The van der Waals surface area contributed by atoms with Crippen molar-refractivity contribution < 1.29 is 13.2 Å². The highest BCUT2D eigenvalue weighted by Crippen LogP contribution is 2.35. The third-order valence-electron chi connectivity index (χ3n) is 3.16. The minimum Gasteiger partial charge on any atom is -0.370 e. The summed E-state index contributed by atoms with van der Waals surface area (Å²) < 4.78 is 38.9. The molecule has 0 atom stereocenters. The molecule has 0 aliphatic rings. The van der Waals surface area contributed by atoms with Gasteiger partial charge in [-0.2, -0.15) is 18.2 Å². The fourth-order valence-electron chi connectivity index (χ4n) is 1.97. The SMILES string of the molecule is CC(C)CCNc1ccnc(Nc2ccccc2C(F)(F)F)n1. The normalized spacial score (nSPS) is 11.6. The summed E-state index contributed by atoms with van der Waals surface area (Å²) in [6, 6.07) is 6.93. The van der Waals surface area contributed by atoms with Crippen LogP contribution >= 0.6 is 0 Å². The Morgan fingerprint density at radius 3 is 2.57 bits per heavy atom. The summed E-state index contributed by atoms with van der Waals surface area (Å²) in [7, 11) is 0. The van der Waals surface area contributed by atoms with Crippen LogP contribution in [0.15, 0.2) is 36.5 Å². The third-order valence-corrected chi connectivity index (χ3v) is 3.16. The quantitative estimate of drug-likeness (QED) is 0.809. The van der Waals surface area contributed by atoms with E-state index in [0.717, 1.165) is 19.0 Å². The molecule has 2 N–H and O–H groups in total. The fourth-order valence-corrected chi connectivity index (χ4v) is 1.97. The molecule has 1 heterocycles. The number of para-hydroxylation sites is 1. The molecule has 0 fully saturated rings. The Bertz CT molecular complexity index is 641. The van der Waals surface area contributed by atoms with Crippen LogP contribution in [-0.2, 0) is 6.18 Å². The summed E-state index contributed by atoms with van der Waals surface area (Å²) in [5, 5.41) is 5.77. The van der Waals surface area contributed by atoms with E-state index < -0.39 is 11.7 Å². The van der Waals surface area contributed by atoms with E-state index in [1.807, 2.05) is 0 Å². The zero-order chi connectivity index (χ0) is 16.9. The van der Waals surface area contributed by atoms with Crippen molar-refractivity contribution in [1.82, 2.24) is 9.97 Å². The molecule has 23 heavy (non-hydrogen) atoms. The zero-order valence-corrected chi connectivity index (χ0v) is 13.0. The lowest BCUT2D eigenvalue weighted by Gasteiger charge is -2.14. The Morgan fingerprint density at radius 2 is 1.87 bits per heavy atom. The van der Waals surface area contributed by atoms with Gasteiger partial charge in [0.2, 0.25) is 5.95 Å². The lowest BCUT2D eigenvalue weighted by molar-refractivity contribution is -0.136. The van der Waals surface area contributed by atoms with Crippen LogP contribution in [-0.4, -0.2) is 16.5 Å². The van der Waals surface area contributed by atoms with E-state index in [2.05, 4.69) is 34.4 Å². The number of nitrogens with zero attached hydrogens (tertiary/aromatic N) is 2. The molecule has 2 aromatic rings. The van der Waals surface area contributed by atoms with E-state index in [1.165, 1.54) is 24.4 Å². The van der Waals surface area contributed by atoms with Crippen LogP contribution in [0.4, 0.5) is 30.6 Å². The average molecular weight is 324 g/mol. The van der Waals surface area contributed by atoms with E-state index in [1.54, 1.807) is 6.07 Å². The van der Waals surface area contributed by atoms with Gasteiger partial charge >= 0.3 is 6.18 Å². The van der Waals surface area contributed by atoms with Crippen molar-refractivity contribution in [1.29, 1.82) is 0 Å². The molecule has 0 aliphatic carbocycles. The topological polar surface area (TPSA) is 49.8 Å². The standard InChI is InChI=1S/C16H19F3N4/c1-11(2)7-9-20-14-8-10-21-15(23-14)22-13-6-4-3-5-12(13)16(17,18)19/h3-6,8,10-11H,7,9H2,1-2H3,(H2,20,21,22,23). The number of benzene rings is 1. The van der Waals surface area contributed by atoms with Crippen molar-refractivity contribution in [2.24, 2.45) is 5.92 Å². The summed E-state index contributed by atoms with van der Waals surface area (Å²) in [5.74, 6) is 1.25. The number of alkyl halides is 3. The number of aromatic nitrogens is 2. The molecular formula is C16H19F3N4. The minimum absolute atomic E-state index is 0.0701. The number of hydrogen-bond donors (Lipinski definition) is 2. The second-order valence-electron chi connectivity index (χ2n) is 5.54. The highest BCUT2D eigenvalue weighted by atomic mass is 19.4. The molecule has 0 aliphatic heterocycles. The van der Waals surface area contributed by atoms with Crippen LogP contribution in [0, 0.1) is 5.92 Å². The molecule has 0 saturated heterocycles. The van der Waals surface area contributed by atoms with Crippen molar-refractivity contribution >= 4 is 17.5 Å². The molecular weight excluding hydrogens is 305 g/mol. The lowest BCUT2D eigenvalue weighted by Crippen LogP contribution is -2.10. The van der Waals surface area contributed by atoms with E-state index in [0.29, 0.717) is 11.7 Å². The molecule has 0 saturated carbocycles. The molecule has 124 valence electrons. The third kappa shape index (κ3) is 5.12. The highest BCUT2D eigenvalue weighted by molar-refractivity contribution is 5.60. The predicted octanol–water partition coefficient (Wildman–Crippen LogP) is 4.70. The maximum atomic E-state index is 13.0. The van der Waals surface area contributed by atoms with Crippen molar-refractivity contribution in [2.45, 2.75) is 26.4 Å². The van der Waals surface area contributed by atoms with Gasteiger partial charge in [-0.25, -0.2) is 4.98 Å². The predicted molar refractivity (Wildman–Crippen MR) is 84.7 cm³/mol. The first-order valence-electron chi connectivity index (χ1n) is 7.36. The molecule has 0 amide bonds. The van der Waals surface area contributed by atoms with Crippen molar-refractivity contribution in [3.63, 3.8) is 0 Å². The number of rotatable bonds is 6.